The van der Waals surface area contributed by atoms with Gasteiger partial charge in [0.15, 0.2) is 0 Å². The molecule has 1 aliphatic carbocycles. The normalized spacial score (nSPS) is 19.4. The highest BCUT2D eigenvalue weighted by atomic mass is 19.4. The van der Waals surface area contributed by atoms with Crippen LogP contribution >= 0.6 is 0 Å². The highest BCUT2D eigenvalue weighted by Crippen LogP contribution is 2.44. The summed E-state index contributed by atoms with van der Waals surface area (Å²) in [7, 11) is 0. The molecule has 2 atom stereocenters. The van der Waals surface area contributed by atoms with Gasteiger partial charge in [0.1, 0.15) is 5.75 Å². The number of para-hydroxylation sites is 1. The van der Waals surface area contributed by atoms with Crippen molar-refractivity contribution in [3.05, 3.63) is 29.8 Å². The zero-order valence-corrected chi connectivity index (χ0v) is 9.95. The molecule has 100 valence electrons. The van der Waals surface area contributed by atoms with Crippen LogP contribution in [0.15, 0.2) is 24.3 Å². The van der Waals surface area contributed by atoms with E-state index in [4.69, 9.17) is 0 Å². The number of alkyl halides is 3. The van der Waals surface area contributed by atoms with E-state index in [1.54, 1.807) is 6.07 Å². The Morgan fingerprint density at radius 3 is 2.44 bits per heavy atom. The molecule has 2 unspecified atom stereocenters. The first kappa shape index (κ1) is 13.2. The Bertz CT molecular complexity index is 413. The second kappa shape index (κ2) is 4.80. The summed E-state index contributed by atoms with van der Waals surface area (Å²) in [5.74, 6) is 0.0342. The van der Waals surface area contributed by atoms with E-state index >= 15 is 0 Å². The van der Waals surface area contributed by atoms with Crippen LogP contribution in [-0.4, -0.2) is 11.5 Å². The highest BCUT2D eigenvalue weighted by Gasteiger charge is 2.36. The van der Waals surface area contributed by atoms with Crippen LogP contribution in [0.3, 0.4) is 0 Å². The molecule has 18 heavy (non-hydrogen) atoms. The van der Waals surface area contributed by atoms with Gasteiger partial charge in [-0.3, -0.25) is 0 Å². The van der Waals surface area contributed by atoms with E-state index in [-0.39, 0.29) is 17.2 Å². The fourth-order valence-corrected chi connectivity index (χ4v) is 2.11. The minimum atomic E-state index is -4.74. The second-order valence-corrected chi connectivity index (χ2v) is 4.73. The van der Waals surface area contributed by atoms with Gasteiger partial charge in [0, 0.05) is 5.56 Å². The van der Waals surface area contributed by atoms with Crippen LogP contribution in [0.1, 0.15) is 31.4 Å². The van der Waals surface area contributed by atoms with E-state index in [0.717, 1.165) is 12.8 Å². The summed E-state index contributed by atoms with van der Waals surface area (Å²) in [6, 6.07) is 5.76. The van der Waals surface area contributed by atoms with Gasteiger partial charge in [-0.2, -0.15) is 0 Å². The third kappa shape index (κ3) is 3.16. The number of rotatable bonds is 4. The molecular weight excluding hydrogens is 245 g/mol. The molecule has 1 aromatic rings. The van der Waals surface area contributed by atoms with Gasteiger partial charge in [0.2, 0.25) is 0 Å². The minimum absolute atomic E-state index is 0.0528. The number of hydrogen-bond acceptors (Lipinski definition) is 2. The second-order valence-electron chi connectivity index (χ2n) is 4.73. The zero-order valence-electron chi connectivity index (χ0n) is 9.95. The summed E-state index contributed by atoms with van der Waals surface area (Å²) in [6.45, 7) is 1.85. The van der Waals surface area contributed by atoms with Gasteiger partial charge in [-0.25, -0.2) is 0 Å². The van der Waals surface area contributed by atoms with Crippen molar-refractivity contribution in [2.45, 2.75) is 32.2 Å². The molecule has 1 N–H and O–H groups in total. The summed E-state index contributed by atoms with van der Waals surface area (Å²) in [5, 5.41) is 10.1. The van der Waals surface area contributed by atoms with E-state index in [2.05, 4.69) is 4.74 Å². The first-order valence-electron chi connectivity index (χ1n) is 5.91. The van der Waals surface area contributed by atoms with E-state index in [0.29, 0.717) is 5.92 Å². The zero-order chi connectivity index (χ0) is 13.3. The molecule has 5 heteroatoms. The summed E-state index contributed by atoms with van der Waals surface area (Å²) in [5.41, 5.74) is 0.203. The summed E-state index contributed by atoms with van der Waals surface area (Å²) < 4.78 is 40.7. The van der Waals surface area contributed by atoms with Crippen molar-refractivity contribution in [3.8, 4) is 5.75 Å². The van der Waals surface area contributed by atoms with Gasteiger partial charge in [-0.15, -0.1) is 13.2 Å². The predicted octanol–water partition coefficient (Wildman–Crippen LogP) is 3.66. The fraction of sp³-hybridized carbons (Fsp3) is 0.538. The highest BCUT2D eigenvalue weighted by molar-refractivity contribution is 5.35. The molecule has 0 amide bonds. The van der Waals surface area contributed by atoms with Crippen molar-refractivity contribution in [3.63, 3.8) is 0 Å². The van der Waals surface area contributed by atoms with E-state index < -0.39 is 12.5 Å². The molecule has 0 aromatic heterocycles. The number of benzene rings is 1. The molecule has 1 aliphatic rings. The molecule has 0 aliphatic heterocycles. The lowest BCUT2D eigenvalue weighted by Crippen LogP contribution is -2.20. The Labute approximate surface area is 103 Å². The molecule has 1 fully saturated rings. The van der Waals surface area contributed by atoms with Gasteiger partial charge in [0.25, 0.3) is 0 Å². The van der Waals surface area contributed by atoms with Gasteiger partial charge in [-0.1, -0.05) is 25.1 Å². The summed E-state index contributed by atoms with van der Waals surface area (Å²) in [6.07, 6.45) is -3.60. The molecule has 0 heterocycles. The van der Waals surface area contributed by atoms with Crippen molar-refractivity contribution in [2.75, 3.05) is 0 Å². The molecule has 0 saturated heterocycles. The number of halogens is 3. The molecule has 1 aromatic carbocycles. The predicted molar refractivity (Wildman–Crippen MR) is 60.0 cm³/mol. The third-order valence-corrected chi connectivity index (χ3v) is 3.33. The molecule has 2 rings (SSSR count). The lowest BCUT2D eigenvalue weighted by Gasteiger charge is -2.21. The van der Waals surface area contributed by atoms with E-state index in [1.807, 2.05) is 6.92 Å². The van der Waals surface area contributed by atoms with Crippen LogP contribution < -0.4 is 4.74 Å². The molecule has 1 saturated carbocycles. The lowest BCUT2D eigenvalue weighted by atomic mass is 9.93. The first-order valence-corrected chi connectivity index (χ1v) is 5.91. The summed E-state index contributed by atoms with van der Waals surface area (Å²) >= 11 is 0. The average Bonchev–Trinajstić information content (AvgIpc) is 3.09. The standard InChI is InChI=1S/C13H15F3O2/c1-8(9-6-7-9)12(17)10-4-2-3-5-11(10)18-13(14,15)16/h2-5,8-9,12,17H,6-7H2,1H3. The van der Waals surface area contributed by atoms with Gasteiger partial charge in [0.05, 0.1) is 6.10 Å². The quantitative estimate of drug-likeness (QED) is 0.895. The maximum Gasteiger partial charge on any atom is 0.573 e. The fourth-order valence-electron chi connectivity index (χ4n) is 2.11. The lowest BCUT2D eigenvalue weighted by molar-refractivity contribution is -0.275. The van der Waals surface area contributed by atoms with Crippen molar-refractivity contribution in [1.82, 2.24) is 0 Å². The monoisotopic (exact) mass is 260 g/mol. The number of aliphatic hydroxyl groups excluding tert-OH is 1. The van der Waals surface area contributed by atoms with Crippen molar-refractivity contribution >= 4 is 0 Å². The maximum absolute atomic E-state index is 12.3. The maximum atomic E-state index is 12.3. The Kier molecular flexibility index (Phi) is 3.52. The Morgan fingerprint density at radius 1 is 1.28 bits per heavy atom. The van der Waals surface area contributed by atoms with Crippen LogP contribution in [0.4, 0.5) is 13.2 Å². The molecule has 0 bridgehead atoms. The van der Waals surface area contributed by atoms with Crippen molar-refractivity contribution in [1.29, 1.82) is 0 Å². The SMILES string of the molecule is CC(C1CC1)C(O)c1ccccc1OC(F)(F)F. The van der Waals surface area contributed by atoms with Crippen LogP contribution in [0.25, 0.3) is 0 Å². The van der Waals surface area contributed by atoms with Crippen LogP contribution in [0, 0.1) is 11.8 Å². The molecule has 2 nitrogen and oxygen atoms in total. The molecule has 0 radical (unpaired) electrons. The average molecular weight is 260 g/mol. The van der Waals surface area contributed by atoms with Crippen LogP contribution in [-0.2, 0) is 0 Å². The van der Waals surface area contributed by atoms with Gasteiger partial charge in [-0.05, 0) is 30.7 Å². The first-order chi connectivity index (χ1) is 8.38. The topological polar surface area (TPSA) is 29.5 Å². The van der Waals surface area contributed by atoms with E-state index in [1.165, 1.54) is 18.2 Å². The summed E-state index contributed by atoms with van der Waals surface area (Å²) in [4.78, 5) is 0. The van der Waals surface area contributed by atoms with Gasteiger partial charge >= 0.3 is 6.36 Å². The Hall–Kier alpha value is -1.23. The Balaban J connectivity index is 2.20. The molecular formula is C13H15F3O2. The largest absolute Gasteiger partial charge is 0.573 e. The van der Waals surface area contributed by atoms with Crippen molar-refractivity contribution < 1.29 is 23.0 Å². The smallest absolute Gasteiger partial charge is 0.405 e. The minimum Gasteiger partial charge on any atom is -0.405 e. The van der Waals surface area contributed by atoms with Crippen LogP contribution in [0.2, 0.25) is 0 Å². The van der Waals surface area contributed by atoms with Gasteiger partial charge < -0.3 is 9.84 Å². The van der Waals surface area contributed by atoms with E-state index in [9.17, 15) is 18.3 Å². The number of aliphatic hydroxyl groups is 1. The number of ether oxygens (including phenoxy) is 1. The molecule has 0 spiro atoms. The van der Waals surface area contributed by atoms with Crippen molar-refractivity contribution in [2.24, 2.45) is 11.8 Å². The number of hydrogen-bond donors (Lipinski definition) is 1. The van der Waals surface area contributed by atoms with Crippen LogP contribution in [0.5, 0.6) is 5.75 Å². The Morgan fingerprint density at radius 2 is 1.89 bits per heavy atom. The third-order valence-electron chi connectivity index (χ3n) is 3.33.